The van der Waals surface area contributed by atoms with Crippen molar-refractivity contribution in [3.63, 3.8) is 0 Å². The number of carbonyl (C=O) groups is 1. The van der Waals surface area contributed by atoms with Gasteiger partial charge >= 0.3 is 5.97 Å². The number of nitrogens with one attached hydrogen (secondary N) is 1. The van der Waals surface area contributed by atoms with Gasteiger partial charge < -0.3 is 15.0 Å². The van der Waals surface area contributed by atoms with E-state index in [9.17, 15) is 4.79 Å². The molecule has 2 rings (SSSR count). The van der Waals surface area contributed by atoms with Crippen LogP contribution in [-0.4, -0.2) is 74.7 Å². The second-order valence-electron chi connectivity index (χ2n) is 6.35. The number of rotatable bonds is 6. The van der Waals surface area contributed by atoms with Crippen LogP contribution in [0.2, 0.25) is 0 Å². The molecule has 0 aromatic heterocycles. The standard InChI is InChI=1S/C16H30N4O2/c1-5-19(13-6-7-13)9-8-18-16(17-3)20-10-12(2)14(11-20)15(21)22-4/h12-14H,5-11H2,1-4H3,(H,17,18). The van der Waals surface area contributed by atoms with Crippen LogP contribution in [0.1, 0.15) is 26.7 Å². The molecule has 1 aliphatic carbocycles. The molecule has 22 heavy (non-hydrogen) atoms. The fraction of sp³-hybridized carbons (Fsp3) is 0.875. The number of hydrogen-bond acceptors (Lipinski definition) is 4. The van der Waals surface area contributed by atoms with Crippen LogP contribution in [0.15, 0.2) is 4.99 Å². The van der Waals surface area contributed by atoms with E-state index < -0.39 is 0 Å². The Morgan fingerprint density at radius 2 is 2.14 bits per heavy atom. The Bertz CT molecular complexity index is 409. The van der Waals surface area contributed by atoms with E-state index in [2.05, 4.69) is 34.0 Å². The van der Waals surface area contributed by atoms with Gasteiger partial charge in [0.15, 0.2) is 5.96 Å². The van der Waals surface area contributed by atoms with Crippen molar-refractivity contribution in [3.8, 4) is 0 Å². The fourth-order valence-corrected chi connectivity index (χ4v) is 3.28. The van der Waals surface area contributed by atoms with Gasteiger partial charge in [0.05, 0.1) is 13.0 Å². The molecule has 2 aliphatic rings. The molecule has 1 N–H and O–H groups in total. The molecule has 1 saturated carbocycles. The quantitative estimate of drug-likeness (QED) is 0.446. The van der Waals surface area contributed by atoms with Crippen LogP contribution >= 0.6 is 0 Å². The first-order chi connectivity index (χ1) is 10.6. The summed E-state index contributed by atoms with van der Waals surface area (Å²) in [6.07, 6.45) is 2.68. The zero-order valence-corrected chi connectivity index (χ0v) is 14.3. The average Bonchev–Trinajstić information content (AvgIpc) is 3.29. The predicted molar refractivity (Wildman–Crippen MR) is 87.9 cm³/mol. The summed E-state index contributed by atoms with van der Waals surface area (Å²) in [6, 6.07) is 0.796. The Labute approximate surface area is 133 Å². The molecule has 126 valence electrons. The lowest BCUT2D eigenvalue weighted by molar-refractivity contribution is -0.145. The summed E-state index contributed by atoms with van der Waals surface area (Å²) in [4.78, 5) is 20.8. The van der Waals surface area contributed by atoms with E-state index in [1.807, 2.05) is 0 Å². The zero-order chi connectivity index (χ0) is 16.1. The molecule has 0 aromatic carbocycles. The van der Waals surface area contributed by atoms with Gasteiger partial charge in [-0.1, -0.05) is 13.8 Å². The van der Waals surface area contributed by atoms with Crippen LogP contribution in [0.3, 0.4) is 0 Å². The van der Waals surface area contributed by atoms with Gasteiger partial charge in [0.1, 0.15) is 0 Å². The molecule has 0 bridgehead atoms. The number of likely N-dealkylation sites (N-methyl/N-ethyl adjacent to an activating group) is 1. The molecule has 2 unspecified atom stereocenters. The number of methoxy groups -OCH3 is 1. The molecule has 6 nitrogen and oxygen atoms in total. The first-order valence-corrected chi connectivity index (χ1v) is 8.38. The van der Waals surface area contributed by atoms with Gasteiger partial charge in [0, 0.05) is 39.3 Å². The number of likely N-dealkylation sites (tertiary alicyclic amines) is 1. The molecule has 1 heterocycles. The van der Waals surface area contributed by atoms with E-state index in [0.29, 0.717) is 12.5 Å². The third-order valence-electron chi connectivity index (χ3n) is 4.78. The highest BCUT2D eigenvalue weighted by atomic mass is 16.5. The maximum absolute atomic E-state index is 11.8. The highest BCUT2D eigenvalue weighted by Gasteiger charge is 2.36. The SMILES string of the molecule is CCN(CCNC(=NC)N1CC(C)C(C(=O)OC)C1)C1CC1. The van der Waals surface area contributed by atoms with Gasteiger partial charge in [-0.2, -0.15) is 0 Å². The Hall–Kier alpha value is -1.30. The van der Waals surface area contributed by atoms with Gasteiger partial charge in [-0.25, -0.2) is 0 Å². The number of guanidine groups is 1. The van der Waals surface area contributed by atoms with Gasteiger partial charge in [-0.15, -0.1) is 0 Å². The van der Waals surface area contributed by atoms with Crippen molar-refractivity contribution in [2.75, 3.05) is 46.9 Å². The topological polar surface area (TPSA) is 57.2 Å². The maximum Gasteiger partial charge on any atom is 0.310 e. The van der Waals surface area contributed by atoms with Crippen LogP contribution in [0.4, 0.5) is 0 Å². The van der Waals surface area contributed by atoms with E-state index in [0.717, 1.165) is 38.2 Å². The lowest BCUT2D eigenvalue weighted by atomic mass is 9.99. The summed E-state index contributed by atoms with van der Waals surface area (Å²) in [5.74, 6) is 1.02. The summed E-state index contributed by atoms with van der Waals surface area (Å²) in [7, 11) is 3.26. The number of ether oxygens (including phenoxy) is 1. The Kier molecular flexibility index (Phi) is 6.06. The third kappa shape index (κ3) is 4.12. The van der Waals surface area contributed by atoms with Crippen molar-refractivity contribution >= 4 is 11.9 Å². The van der Waals surface area contributed by atoms with Crippen LogP contribution in [0, 0.1) is 11.8 Å². The first kappa shape index (κ1) is 17.1. The molecular formula is C16H30N4O2. The number of nitrogens with zero attached hydrogens (tertiary/aromatic N) is 3. The van der Waals surface area contributed by atoms with Crippen LogP contribution in [0.5, 0.6) is 0 Å². The molecule has 2 fully saturated rings. The van der Waals surface area contributed by atoms with Crippen molar-refractivity contribution in [2.45, 2.75) is 32.7 Å². The van der Waals surface area contributed by atoms with E-state index in [1.54, 1.807) is 7.05 Å². The zero-order valence-electron chi connectivity index (χ0n) is 14.3. The number of carbonyl (C=O) groups excluding carboxylic acids is 1. The van der Waals surface area contributed by atoms with Crippen LogP contribution in [-0.2, 0) is 9.53 Å². The van der Waals surface area contributed by atoms with Crippen LogP contribution < -0.4 is 5.32 Å². The van der Waals surface area contributed by atoms with Crippen LogP contribution in [0.25, 0.3) is 0 Å². The lowest BCUT2D eigenvalue weighted by Crippen LogP contribution is -2.44. The molecular weight excluding hydrogens is 280 g/mol. The minimum Gasteiger partial charge on any atom is -0.469 e. The first-order valence-electron chi connectivity index (χ1n) is 8.38. The normalized spacial score (nSPS) is 25.7. The van der Waals surface area contributed by atoms with Gasteiger partial charge in [-0.3, -0.25) is 14.7 Å². The average molecular weight is 310 g/mol. The fourth-order valence-electron chi connectivity index (χ4n) is 3.28. The van der Waals surface area contributed by atoms with Crippen molar-refractivity contribution in [3.05, 3.63) is 0 Å². The Balaban J connectivity index is 1.80. The largest absolute Gasteiger partial charge is 0.469 e. The van der Waals surface area contributed by atoms with E-state index >= 15 is 0 Å². The number of aliphatic imine (C=N–C) groups is 1. The molecule has 0 amide bonds. The smallest absolute Gasteiger partial charge is 0.310 e. The molecule has 0 radical (unpaired) electrons. The molecule has 0 spiro atoms. The third-order valence-corrected chi connectivity index (χ3v) is 4.78. The van der Waals surface area contributed by atoms with Crippen molar-refractivity contribution in [1.82, 2.24) is 15.1 Å². The summed E-state index contributed by atoms with van der Waals surface area (Å²) >= 11 is 0. The van der Waals surface area contributed by atoms with E-state index in [1.165, 1.54) is 20.0 Å². The van der Waals surface area contributed by atoms with Gasteiger partial charge in [-0.05, 0) is 25.3 Å². The maximum atomic E-state index is 11.8. The monoisotopic (exact) mass is 310 g/mol. The number of esters is 1. The molecule has 1 aliphatic heterocycles. The molecule has 2 atom stereocenters. The summed E-state index contributed by atoms with van der Waals surface area (Å²) in [6.45, 7) is 8.90. The highest BCUT2D eigenvalue weighted by Crippen LogP contribution is 2.26. The van der Waals surface area contributed by atoms with Crippen molar-refractivity contribution < 1.29 is 9.53 Å². The van der Waals surface area contributed by atoms with E-state index in [-0.39, 0.29) is 11.9 Å². The number of hydrogen-bond donors (Lipinski definition) is 1. The molecule has 1 saturated heterocycles. The van der Waals surface area contributed by atoms with Crippen molar-refractivity contribution in [2.24, 2.45) is 16.8 Å². The van der Waals surface area contributed by atoms with Gasteiger partial charge in [0.2, 0.25) is 0 Å². The second-order valence-corrected chi connectivity index (χ2v) is 6.35. The minimum absolute atomic E-state index is 0.0536. The molecule has 6 heteroatoms. The van der Waals surface area contributed by atoms with Crippen molar-refractivity contribution in [1.29, 1.82) is 0 Å². The summed E-state index contributed by atoms with van der Waals surface area (Å²) in [5.41, 5.74) is 0. The van der Waals surface area contributed by atoms with Gasteiger partial charge in [0.25, 0.3) is 0 Å². The second kappa shape index (κ2) is 7.81. The predicted octanol–water partition coefficient (Wildman–Crippen LogP) is 0.787. The summed E-state index contributed by atoms with van der Waals surface area (Å²) < 4.78 is 4.89. The highest BCUT2D eigenvalue weighted by molar-refractivity contribution is 5.82. The minimum atomic E-state index is -0.114. The Morgan fingerprint density at radius 1 is 1.41 bits per heavy atom. The summed E-state index contributed by atoms with van der Waals surface area (Å²) in [5, 5.41) is 3.44. The molecule has 0 aromatic rings. The lowest BCUT2D eigenvalue weighted by Gasteiger charge is -2.24. The van der Waals surface area contributed by atoms with E-state index in [4.69, 9.17) is 4.74 Å². The Morgan fingerprint density at radius 3 is 2.68 bits per heavy atom.